The fourth-order valence-electron chi connectivity index (χ4n) is 2.25. The number of esters is 1. The van der Waals surface area contributed by atoms with Crippen molar-refractivity contribution in [3.8, 4) is 5.75 Å². The van der Waals surface area contributed by atoms with Crippen molar-refractivity contribution in [1.82, 2.24) is 0 Å². The normalized spacial score (nSPS) is 11.1. The summed E-state index contributed by atoms with van der Waals surface area (Å²) >= 11 is 0. The summed E-state index contributed by atoms with van der Waals surface area (Å²) in [6, 6.07) is 17.5. The van der Waals surface area contributed by atoms with Crippen LogP contribution in [-0.2, 0) is 20.9 Å². The lowest BCUT2D eigenvalue weighted by molar-refractivity contribution is -0.143. The third-order valence-corrected chi connectivity index (χ3v) is 3.66. The van der Waals surface area contributed by atoms with E-state index in [4.69, 9.17) is 14.2 Å². The molecule has 0 heterocycles. The van der Waals surface area contributed by atoms with Crippen LogP contribution in [0.1, 0.15) is 37.8 Å². The van der Waals surface area contributed by atoms with Gasteiger partial charge in [0.25, 0.3) is 0 Å². The van der Waals surface area contributed by atoms with Gasteiger partial charge < -0.3 is 14.2 Å². The Balaban J connectivity index is 1.97. The Morgan fingerprint density at radius 3 is 2.35 bits per heavy atom. The molecule has 0 saturated heterocycles. The largest absolute Gasteiger partial charge is 0.489 e. The van der Waals surface area contributed by atoms with E-state index in [0.717, 1.165) is 29.7 Å². The van der Waals surface area contributed by atoms with Crippen molar-refractivity contribution >= 4 is 12.0 Å². The molecule has 2 aromatic carbocycles. The van der Waals surface area contributed by atoms with Crippen molar-refractivity contribution in [1.29, 1.82) is 0 Å². The van der Waals surface area contributed by atoms with E-state index in [9.17, 15) is 4.79 Å². The summed E-state index contributed by atoms with van der Waals surface area (Å²) in [7, 11) is 0. The molecule has 0 aliphatic heterocycles. The molecule has 0 amide bonds. The highest BCUT2D eigenvalue weighted by atomic mass is 16.6. The van der Waals surface area contributed by atoms with Crippen LogP contribution in [0.4, 0.5) is 0 Å². The third-order valence-electron chi connectivity index (χ3n) is 3.66. The molecule has 2 rings (SSSR count). The lowest BCUT2D eigenvalue weighted by atomic mass is 10.2. The molecule has 0 fully saturated rings. The zero-order valence-electron chi connectivity index (χ0n) is 15.4. The van der Waals surface area contributed by atoms with Crippen LogP contribution in [0, 0.1) is 0 Å². The minimum atomic E-state index is -0.426. The van der Waals surface area contributed by atoms with Gasteiger partial charge in [-0.2, -0.15) is 0 Å². The molecule has 26 heavy (non-hydrogen) atoms. The van der Waals surface area contributed by atoms with Crippen molar-refractivity contribution in [2.45, 2.75) is 33.3 Å². The second-order valence-corrected chi connectivity index (χ2v) is 5.77. The highest BCUT2D eigenvalue weighted by molar-refractivity contribution is 5.91. The van der Waals surface area contributed by atoms with Gasteiger partial charge in [0.1, 0.15) is 12.4 Å². The maximum absolute atomic E-state index is 12.1. The maximum Gasteiger partial charge on any atom is 0.373 e. The number of unbranched alkanes of at least 4 members (excludes halogenated alkanes) is 1. The van der Waals surface area contributed by atoms with E-state index in [-0.39, 0.29) is 5.76 Å². The summed E-state index contributed by atoms with van der Waals surface area (Å²) in [6.07, 6.45) is 3.52. The van der Waals surface area contributed by atoms with Gasteiger partial charge in [-0.25, -0.2) is 4.79 Å². The van der Waals surface area contributed by atoms with Gasteiger partial charge in [0.2, 0.25) is 5.76 Å². The van der Waals surface area contributed by atoms with E-state index in [1.54, 1.807) is 6.08 Å². The highest BCUT2D eigenvalue weighted by Crippen LogP contribution is 2.17. The van der Waals surface area contributed by atoms with Gasteiger partial charge in [0.15, 0.2) is 0 Å². The van der Waals surface area contributed by atoms with E-state index in [0.29, 0.717) is 19.8 Å². The molecule has 0 radical (unpaired) electrons. The van der Waals surface area contributed by atoms with E-state index < -0.39 is 5.97 Å². The minimum Gasteiger partial charge on any atom is -0.489 e. The fraction of sp³-hybridized carbons (Fsp3) is 0.318. The zero-order valence-corrected chi connectivity index (χ0v) is 15.4. The lowest BCUT2D eigenvalue weighted by Gasteiger charge is -2.09. The summed E-state index contributed by atoms with van der Waals surface area (Å²) < 4.78 is 16.4. The highest BCUT2D eigenvalue weighted by Gasteiger charge is 2.12. The van der Waals surface area contributed by atoms with E-state index >= 15 is 0 Å². The van der Waals surface area contributed by atoms with Crippen molar-refractivity contribution < 1.29 is 19.0 Å². The molecule has 0 bridgehead atoms. The molecule has 0 spiro atoms. The number of ether oxygens (including phenoxy) is 3. The molecular weight excluding hydrogens is 328 g/mol. The molecule has 0 aliphatic carbocycles. The topological polar surface area (TPSA) is 44.8 Å². The summed E-state index contributed by atoms with van der Waals surface area (Å²) in [5.41, 5.74) is 1.97. The molecular formula is C22H26O4. The first-order chi connectivity index (χ1) is 12.7. The van der Waals surface area contributed by atoms with Crippen molar-refractivity contribution in [3.05, 3.63) is 71.5 Å². The quantitative estimate of drug-likeness (QED) is 0.261. The molecule has 4 nitrogen and oxygen atoms in total. The van der Waals surface area contributed by atoms with Crippen molar-refractivity contribution in [3.63, 3.8) is 0 Å². The Morgan fingerprint density at radius 2 is 1.69 bits per heavy atom. The molecule has 2 aromatic rings. The zero-order chi connectivity index (χ0) is 18.6. The van der Waals surface area contributed by atoms with Gasteiger partial charge in [-0.1, -0.05) is 55.8 Å². The second kappa shape index (κ2) is 11.0. The van der Waals surface area contributed by atoms with E-state index in [1.165, 1.54) is 0 Å². The first-order valence-electron chi connectivity index (χ1n) is 9.01. The maximum atomic E-state index is 12.1. The fourth-order valence-corrected chi connectivity index (χ4v) is 2.25. The van der Waals surface area contributed by atoms with Crippen LogP contribution in [0.3, 0.4) is 0 Å². The second-order valence-electron chi connectivity index (χ2n) is 5.77. The van der Waals surface area contributed by atoms with E-state index in [1.807, 2.05) is 61.5 Å². The molecule has 4 heteroatoms. The minimum absolute atomic E-state index is 0.224. The Labute approximate surface area is 155 Å². The number of carbonyl (C=O) groups is 1. The summed E-state index contributed by atoms with van der Waals surface area (Å²) in [4.78, 5) is 12.1. The first-order valence-corrected chi connectivity index (χ1v) is 9.01. The average Bonchev–Trinajstić information content (AvgIpc) is 2.68. The van der Waals surface area contributed by atoms with Gasteiger partial charge >= 0.3 is 5.97 Å². The van der Waals surface area contributed by atoms with E-state index in [2.05, 4.69) is 6.92 Å². The SMILES string of the molecule is CCCCOC(=O)C(=Cc1ccc(OCc2ccccc2)cc1)OCC. The van der Waals surface area contributed by atoms with Crippen LogP contribution >= 0.6 is 0 Å². The van der Waals surface area contributed by atoms with Crippen LogP contribution in [0.2, 0.25) is 0 Å². The van der Waals surface area contributed by atoms with Crippen LogP contribution in [0.15, 0.2) is 60.4 Å². The van der Waals surface area contributed by atoms with Crippen LogP contribution in [-0.4, -0.2) is 19.2 Å². The molecule has 0 unspecified atom stereocenters. The molecule has 0 aliphatic rings. The number of carbonyl (C=O) groups excluding carboxylic acids is 1. The van der Waals surface area contributed by atoms with Crippen molar-refractivity contribution in [2.24, 2.45) is 0 Å². The molecule has 0 saturated carbocycles. The lowest BCUT2D eigenvalue weighted by Crippen LogP contribution is -2.11. The predicted molar refractivity (Wildman–Crippen MR) is 103 cm³/mol. The third kappa shape index (κ3) is 6.63. The summed E-state index contributed by atoms with van der Waals surface area (Å²) in [5.74, 6) is 0.570. The van der Waals surface area contributed by atoms with Gasteiger partial charge in [-0.3, -0.25) is 0 Å². The van der Waals surface area contributed by atoms with Gasteiger partial charge in [0, 0.05) is 0 Å². The number of benzene rings is 2. The van der Waals surface area contributed by atoms with Crippen LogP contribution < -0.4 is 4.74 Å². The average molecular weight is 354 g/mol. The predicted octanol–water partition coefficient (Wildman–Crippen LogP) is 4.99. The molecule has 0 atom stereocenters. The number of hydrogen-bond acceptors (Lipinski definition) is 4. The van der Waals surface area contributed by atoms with Gasteiger partial charge in [-0.15, -0.1) is 0 Å². The van der Waals surface area contributed by atoms with Gasteiger partial charge in [-0.05, 0) is 42.7 Å². The Bertz CT molecular complexity index is 690. The molecule has 0 N–H and O–H groups in total. The van der Waals surface area contributed by atoms with Crippen molar-refractivity contribution in [2.75, 3.05) is 13.2 Å². The Morgan fingerprint density at radius 1 is 0.962 bits per heavy atom. The summed E-state index contributed by atoms with van der Waals surface area (Å²) in [6.45, 7) is 5.23. The molecule has 0 aromatic heterocycles. The van der Waals surface area contributed by atoms with Crippen LogP contribution in [0.5, 0.6) is 5.75 Å². The molecule has 138 valence electrons. The number of hydrogen-bond donors (Lipinski definition) is 0. The smallest absolute Gasteiger partial charge is 0.373 e. The summed E-state index contributed by atoms with van der Waals surface area (Å²) in [5, 5.41) is 0. The monoisotopic (exact) mass is 354 g/mol. The van der Waals surface area contributed by atoms with Crippen LogP contribution in [0.25, 0.3) is 6.08 Å². The number of rotatable bonds is 10. The Hall–Kier alpha value is -2.75. The standard InChI is InChI=1S/C22H26O4/c1-3-5-15-25-22(23)21(24-4-2)16-18-11-13-20(14-12-18)26-17-19-9-7-6-8-10-19/h6-14,16H,3-5,15,17H2,1-2H3. The Kier molecular flexibility index (Phi) is 8.27. The van der Waals surface area contributed by atoms with Gasteiger partial charge in [0.05, 0.1) is 13.2 Å². The first kappa shape index (κ1) is 19.6.